The minimum Gasteiger partial charge on any atom is -0.375 e. The Balaban J connectivity index is 0.00000264. The summed E-state index contributed by atoms with van der Waals surface area (Å²) in [5.41, 5.74) is 9.30. The SMILES string of the molecule is Cc1cccc(NC(N)=NCCCN(C)c2ccccc2)c1.I. The summed E-state index contributed by atoms with van der Waals surface area (Å²) in [6.07, 6.45) is 0.960. The number of para-hydroxylation sites is 1. The van der Waals surface area contributed by atoms with Crippen molar-refractivity contribution in [1.29, 1.82) is 0 Å². The second-order valence-electron chi connectivity index (χ2n) is 5.37. The number of anilines is 2. The molecule has 0 spiro atoms. The van der Waals surface area contributed by atoms with Crippen LogP contribution in [0.5, 0.6) is 0 Å². The molecular weight excluding hydrogens is 399 g/mol. The van der Waals surface area contributed by atoms with Crippen molar-refractivity contribution in [3.63, 3.8) is 0 Å². The van der Waals surface area contributed by atoms with Crippen LogP contribution in [0.25, 0.3) is 0 Å². The van der Waals surface area contributed by atoms with E-state index in [4.69, 9.17) is 5.73 Å². The van der Waals surface area contributed by atoms with E-state index in [0.29, 0.717) is 12.5 Å². The van der Waals surface area contributed by atoms with E-state index in [2.05, 4.69) is 47.4 Å². The van der Waals surface area contributed by atoms with E-state index in [9.17, 15) is 0 Å². The van der Waals surface area contributed by atoms with Crippen LogP contribution in [-0.4, -0.2) is 26.1 Å². The Hall–Kier alpha value is -1.76. The highest BCUT2D eigenvalue weighted by molar-refractivity contribution is 14.0. The average molecular weight is 424 g/mol. The van der Waals surface area contributed by atoms with Crippen molar-refractivity contribution in [1.82, 2.24) is 0 Å². The quantitative estimate of drug-likeness (QED) is 0.321. The Bertz CT molecular complexity index is 613. The molecule has 0 bridgehead atoms. The predicted octanol–water partition coefficient (Wildman–Crippen LogP) is 3.87. The molecule has 0 saturated heterocycles. The number of rotatable bonds is 6. The molecule has 0 amide bonds. The normalized spacial score (nSPS) is 10.8. The summed E-state index contributed by atoms with van der Waals surface area (Å²) in [5.74, 6) is 0.466. The largest absolute Gasteiger partial charge is 0.375 e. The minimum atomic E-state index is 0. The summed E-state index contributed by atoms with van der Waals surface area (Å²) in [4.78, 5) is 6.59. The summed E-state index contributed by atoms with van der Waals surface area (Å²) in [6, 6.07) is 18.4. The van der Waals surface area contributed by atoms with Crippen LogP contribution in [0.4, 0.5) is 11.4 Å². The second kappa shape index (κ2) is 10.1. The van der Waals surface area contributed by atoms with Gasteiger partial charge in [-0.2, -0.15) is 0 Å². The molecule has 0 aromatic heterocycles. The Morgan fingerprint density at radius 2 is 1.87 bits per heavy atom. The van der Waals surface area contributed by atoms with E-state index in [-0.39, 0.29) is 24.0 Å². The van der Waals surface area contributed by atoms with Gasteiger partial charge in [-0.15, -0.1) is 24.0 Å². The lowest BCUT2D eigenvalue weighted by Crippen LogP contribution is -2.24. The molecule has 0 aliphatic carbocycles. The summed E-state index contributed by atoms with van der Waals surface area (Å²) < 4.78 is 0. The van der Waals surface area contributed by atoms with Crippen LogP contribution in [0, 0.1) is 6.92 Å². The molecule has 0 aliphatic heterocycles. The van der Waals surface area contributed by atoms with E-state index in [1.165, 1.54) is 11.3 Å². The van der Waals surface area contributed by atoms with Crippen molar-refractivity contribution in [3.8, 4) is 0 Å². The average Bonchev–Trinajstić information content (AvgIpc) is 2.52. The van der Waals surface area contributed by atoms with E-state index >= 15 is 0 Å². The molecule has 124 valence electrons. The first-order valence-corrected chi connectivity index (χ1v) is 7.55. The molecule has 5 heteroatoms. The number of hydrogen-bond donors (Lipinski definition) is 2. The lowest BCUT2D eigenvalue weighted by atomic mass is 10.2. The molecule has 23 heavy (non-hydrogen) atoms. The third-order valence-electron chi connectivity index (χ3n) is 3.42. The molecule has 4 nitrogen and oxygen atoms in total. The fourth-order valence-electron chi connectivity index (χ4n) is 2.23. The van der Waals surface area contributed by atoms with E-state index in [0.717, 1.165) is 18.7 Å². The van der Waals surface area contributed by atoms with Gasteiger partial charge in [0.15, 0.2) is 5.96 Å². The number of nitrogens with two attached hydrogens (primary N) is 1. The van der Waals surface area contributed by atoms with Crippen molar-refractivity contribution < 1.29 is 0 Å². The highest BCUT2D eigenvalue weighted by Crippen LogP contribution is 2.11. The van der Waals surface area contributed by atoms with Gasteiger partial charge in [0.05, 0.1) is 0 Å². The predicted molar refractivity (Wildman–Crippen MR) is 111 cm³/mol. The number of nitrogens with zero attached hydrogens (tertiary/aromatic N) is 2. The van der Waals surface area contributed by atoms with Crippen LogP contribution in [0.2, 0.25) is 0 Å². The van der Waals surface area contributed by atoms with Crippen molar-refractivity contribution in [2.45, 2.75) is 13.3 Å². The fourth-order valence-corrected chi connectivity index (χ4v) is 2.23. The van der Waals surface area contributed by atoms with Gasteiger partial charge in [-0.25, -0.2) is 0 Å². The van der Waals surface area contributed by atoms with Gasteiger partial charge in [0, 0.05) is 31.5 Å². The molecule has 0 fully saturated rings. The van der Waals surface area contributed by atoms with Crippen LogP contribution in [0.15, 0.2) is 59.6 Å². The number of benzene rings is 2. The van der Waals surface area contributed by atoms with Crippen molar-refractivity contribution in [2.75, 3.05) is 30.4 Å². The van der Waals surface area contributed by atoms with Gasteiger partial charge >= 0.3 is 0 Å². The first kappa shape index (κ1) is 19.3. The maximum Gasteiger partial charge on any atom is 0.193 e. The molecule has 0 radical (unpaired) electrons. The summed E-state index contributed by atoms with van der Waals surface area (Å²) >= 11 is 0. The molecule has 2 rings (SSSR count). The summed E-state index contributed by atoms with van der Waals surface area (Å²) in [5, 5.41) is 3.12. The summed E-state index contributed by atoms with van der Waals surface area (Å²) in [7, 11) is 2.09. The third-order valence-corrected chi connectivity index (χ3v) is 3.42. The van der Waals surface area contributed by atoms with Gasteiger partial charge in [0.2, 0.25) is 0 Å². The van der Waals surface area contributed by atoms with E-state index < -0.39 is 0 Å². The highest BCUT2D eigenvalue weighted by atomic mass is 127. The Morgan fingerprint density at radius 1 is 1.13 bits per heavy atom. The van der Waals surface area contributed by atoms with Crippen LogP contribution >= 0.6 is 24.0 Å². The number of guanidine groups is 1. The molecule has 0 atom stereocenters. The molecular formula is C18H25IN4. The molecule has 2 aromatic rings. The minimum absolute atomic E-state index is 0. The van der Waals surface area contributed by atoms with Gasteiger partial charge in [-0.05, 0) is 43.2 Å². The lowest BCUT2D eigenvalue weighted by molar-refractivity contribution is 0.795. The zero-order chi connectivity index (χ0) is 15.8. The monoisotopic (exact) mass is 424 g/mol. The molecule has 0 aliphatic rings. The first-order chi connectivity index (χ1) is 10.6. The lowest BCUT2D eigenvalue weighted by Gasteiger charge is -2.18. The second-order valence-corrected chi connectivity index (χ2v) is 5.37. The van der Waals surface area contributed by atoms with E-state index in [1.807, 2.05) is 36.4 Å². The Kier molecular flexibility index (Phi) is 8.47. The van der Waals surface area contributed by atoms with Crippen LogP contribution in [0.1, 0.15) is 12.0 Å². The number of halogens is 1. The van der Waals surface area contributed by atoms with Crippen molar-refractivity contribution in [3.05, 3.63) is 60.2 Å². The number of nitrogens with one attached hydrogen (secondary N) is 1. The topological polar surface area (TPSA) is 53.6 Å². The zero-order valence-corrected chi connectivity index (χ0v) is 16.0. The van der Waals surface area contributed by atoms with Gasteiger partial charge in [0.25, 0.3) is 0 Å². The maximum absolute atomic E-state index is 5.91. The van der Waals surface area contributed by atoms with E-state index in [1.54, 1.807) is 0 Å². The molecule has 0 unspecified atom stereocenters. The van der Waals surface area contributed by atoms with Gasteiger partial charge < -0.3 is 16.0 Å². The summed E-state index contributed by atoms with van der Waals surface area (Å²) in [6.45, 7) is 3.71. The van der Waals surface area contributed by atoms with Gasteiger partial charge in [0.1, 0.15) is 0 Å². The van der Waals surface area contributed by atoms with Crippen LogP contribution in [0.3, 0.4) is 0 Å². The fraction of sp³-hybridized carbons (Fsp3) is 0.278. The van der Waals surface area contributed by atoms with Crippen LogP contribution in [-0.2, 0) is 0 Å². The smallest absolute Gasteiger partial charge is 0.193 e. The highest BCUT2D eigenvalue weighted by Gasteiger charge is 1.99. The zero-order valence-electron chi connectivity index (χ0n) is 13.7. The molecule has 0 saturated carbocycles. The van der Waals surface area contributed by atoms with Gasteiger partial charge in [-0.1, -0.05) is 30.3 Å². The number of hydrogen-bond acceptors (Lipinski definition) is 2. The third kappa shape index (κ3) is 6.90. The Labute approximate surface area is 155 Å². The van der Waals surface area contributed by atoms with Gasteiger partial charge in [-0.3, -0.25) is 4.99 Å². The Morgan fingerprint density at radius 3 is 2.57 bits per heavy atom. The maximum atomic E-state index is 5.91. The molecule has 0 heterocycles. The molecule has 2 aromatic carbocycles. The standard InChI is InChI=1S/C18H24N4.HI/c1-15-8-6-9-16(14-15)21-18(19)20-12-7-13-22(2)17-10-4-3-5-11-17;/h3-6,8-11,14H,7,12-13H2,1-2H3,(H3,19,20,21);1H. The molecule has 3 N–H and O–H groups in total. The van der Waals surface area contributed by atoms with Crippen molar-refractivity contribution >= 4 is 41.3 Å². The number of aliphatic imine (C=N–C) groups is 1. The number of aryl methyl sites for hydroxylation is 1. The first-order valence-electron chi connectivity index (χ1n) is 7.55. The van der Waals surface area contributed by atoms with Crippen molar-refractivity contribution in [2.24, 2.45) is 10.7 Å². The van der Waals surface area contributed by atoms with Crippen LogP contribution < -0.4 is 16.0 Å².